The molecule has 0 saturated heterocycles. The number of aromatic nitrogens is 2. The molecule has 1 aromatic heterocycles. The Morgan fingerprint density at radius 3 is 2.62 bits per heavy atom. The molecule has 1 heterocycles. The van der Waals surface area contributed by atoms with Crippen molar-refractivity contribution in [3.05, 3.63) is 42.2 Å². The molecule has 0 bridgehead atoms. The Morgan fingerprint density at radius 1 is 1.38 bits per heavy atom. The van der Waals surface area contributed by atoms with Gasteiger partial charge in [0.25, 0.3) is 5.91 Å². The lowest BCUT2D eigenvalue weighted by Gasteiger charge is -2.26. The van der Waals surface area contributed by atoms with Crippen molar-refractivity contribution in [3.63, 3.8) is 0 Å². The smallest absolute Gasteiger partial charge is 0.272 e. The summed E-state index contributed by atoms with van der Waals surface area (Å²) in [6.07, 6.45) is 2.34. The van der Waals surface area contributed by atoms with Gasteiger partial charge in [0.1, 0.15) is 0 Å². The summed E-state index contributed by atoms with van der Waals surface area (Å²) in [6.45, 7) is 3.58. The molecule has 2 aromatic rings. The molecule has 6 heteroatoms. The second-order valence-corrected chi connectivity index (χ2v) is 5.26. The molecule has 1 aromatic carbocycles. The first-order valence-corrected chi connectivity index (χ1v) is 6.82. The molecule has 1 atom stereocenters. The molecule has 0 spiro atoms. The number of amides is 1. The largest absolute Gasteiger partial charge is 0.399 e. The van der Waals surface area contributed by atoms with Gasteiger partial charge in [0.05, 0.1) is 17.8 Å². The average Bonchev–Trinajstić information content (AvgIpc) is 2.98. The third kappa shape index (κ3) is 3.41. The number of benzene rings is 1. The number of rotatable bonds is 5. The Kier molecular flexibility index (Phi) is 4.28. The fourth-order valence-corrected chi connectivity index (χ4v) is 1.79. The number of aliphatic hydroxyl groups excluding tert-OH is 1. The zero-order valence-electron chi connectivity index (χ0n) is 12.2. The van der Waals surface area contributed by atoms with E-state index < -0.39 is 5.54 Å². The van der Waals surface area contributed by atoms with E-state index in [1.165, 1.54) is 0 Å². The minimum Gasteiger partial charge on any atom is -0.399 e. The van der Waals surface area contributed by atoms with Gasteiger partial charge >= 0.3 is 0 Å². The first-order valence-electron chi connectivity index (χ1n) is 6.82. The number of nitrogen functional groups attached to an aromatic ring is 1. The molecule has 0 aliphatic carbocycles. The molecular weight excluding hydrogens is 268 g/mol. The van der Waals surface area contributed by atoms with Crippen molar-refractivity contribution in [2.75, 3.05) is 12.3 Å². The lowest BCUT2D eigenvalue weighted by atomic mass is 10.0. The van der Waals surface area contributed by atoms with E-state index in [1.807, 2.05) is 19.1 Å². The molecular formula is C15H20N4O2. The molecule has 0 saturated carbocycles. The normalized spacial score (nSPS) is 13.7. The van der Waals surface area contributed by atoms with Crippen LogP contribution in [0.2, 0.25) is 0 Å². The van der Waals surface area contributed by atoms with E-state index in [1.54, 1.807) is 36.0 Å². The van der Waals surface area contributed by atoms with Crippen LogP contribution < -0.4 is 11.1 Å². The number of carbonyl (C=O) groups is 1. The molecule has 21 heavy (non-hydrogen) atoms. The Balaban J connectivity index is 2.16. The van der Waals surface area contributed by atoms with Crippen LogP contribution in [0.3, 0.4) is 0 Å². The average molecular weight is 288 g/mol. The zero-order valence-corrected chi connectivity index (χ0v) is 12.2. The van der Waals surface area contributed by atoms with Crippen LogP contribution in [0.25, 0.3) is 5.69 Å². The molecule has 4 N–H and O–H groups in total. The van der Waals surface area contributed by atoms with Gasteiger partial charge in [-0.15, -0.1) is 0 Å². The molecule has 0 fully saturated rings. The maximum absolute atomic E-state index is 12.2. The highest BCUT2D eigenvalue weighted by atomic mass is 16.3. The highest BCUT2D eigenvalue weighted by molar-refractivity contribution is 5.92. The number of nitrogens with two attached hydrogens (primary N) is 1. The van der Waals surface area contributed by atoms with Crippen LogP contribution in [-0.4, -0.2) is 32.9 Å². The Labute approximate surface area is 123 Å². The second kappa shape index (κ2) is 5.97. The zero-order chi connectivity index (χ0) is 15.5. The summed E-state index contributed by atoms with van der Waals surface area (Å²) in [4.78, 5) is 12.2. The van der Waals surface area contributed by atoms with Gasteiger partial charge in [-0.1, -0.05) is 6.92 Å². The topological polar surface area (TPSA) is 93.2 Å². The van der Waals surface area contributed by atoms with Crippen molar-refractivity contribution in [2.45, 2.75) is 25.8 Å². The number of hydrogen-bond donors (Lipinski definition) is 3. The van der Waals surface area contributed by atoms with Crippen molar-refractivity contribution in [3.8, 4) is 5.69 Å². The summed E-state index contributed by atoms with van der Waals surface area (Å²) in [7, 11) is 0. The van der Waals surface area contributed by atoms with E-state index in [9.17, 15) is 9.90 Å². The molecule has 0 radical (unpaired) electrons. The molecule has 112 valence electrons. The first-order chi connectivity index (χ1) is 9.97. The summed E-state index contributed by atoms with van der Waals surface area (Å²) in [6, 6.07) is 8.84. The number of aliphatic hydroxyl groups is 1. The third-order valence-electron chi connectivity index (χ3n) is 3.52. The van der Waals surface area contributed by atoms with Gasteiger partial charge in [-0.25, -0.2) is 4.68 Å². The first kappa shape index (κ1) is 15.1. The van der Waals surface area contributed by atoms with Crippen LogP contribution >= 0.6 is 0 Å². The van der Waals surface area contributed by atoms with Gasteiger partial charge in [-0.05, 0) is 43.7 Å². The quantitative estimate of drug-likeness (QED) is 0.724. The standard InChI is InChI=1S/C15H20N4O2/c1-3-15(2,10-20)17-14(21)13-8-9-19(18-13)12-6-4-11(16)5-7-12/h4-9,20H,3,10,16H2,1-2H3,(H,17,21). The SMILES string of the molecule is CCC(C)(CO)NC(=O)c1ccn(-c2ccc(N)cc2)n1. The third-order valence-corrected chi connectivity index (χ3v) is 3.52. The molecule has 2 rings (SSSR count). The van der Waals surface area contributed by atoms with Crippen molar-refractivity contribution < 1.29 is 9.90 Å². The second-order valence-electron chi connectivity index (χ2n) is 5.26. The predicted octanol–water partition coefficient (Wildman–Crippen LogP) is 1.35. The van der Waals surface area contributed by atoms with Crippen LogP contribution in [0.4, 0.5) is 5.69 Å². The summed E-state index contributed by atoms with van der Waals surface area (Å²) in [5, 5.41) is 16.4. The van der Waals surface area contributed by atoms with E-state index in [0.29, 0.717) is 17.8 Å². The molecule has 1 unspecified atom stereocenters. The monoisotopic (exact) mass is 288 g/mol. The summed E-state index contributed by atoms with van der Waals surface area (Å²) < 4.78 is 1.61. The maximum Gasteiger partial charge on any atom is 0.272 e. The highest BCUT2D eigenvalue weighted by Gasteiger charge is 2.24. The van der Waals surface area contributed by atoms with Crippen molar-refractivity contribution in [2.24, 2.45) is 0 Å². The van der Waals surface area contributed by atoms with Crippen molar-refractivity contribution in [1.82, 2.24) is 15.1 Å². The lowest BCUT2D eigenvalue weighted by molar-refractivity contribution is 0.0842. The van der Waals surface area contributed by atoms with Crippen LogP contribution in [-0.2, 0) is 0 Å². The van der Waals surface area contributed by atoms with E-state index in [2.05, 4.69) is 10.4 Å². The number of nitrogens with zero attached hydrogens (tertiary/aromatic N) is 2. The summed E-state index contributed by atoms with van der Waals surface area (Å²) in [5.74, 6) is -0.303. The van der Waals surface area contributed by atoms with E-state index >= 15 is 0 Å². The van der Waals surface area contributed by atoms with Gasteiger partial charge in [0.15, 0.2) is 5.69 Å². The van der Waals surface area contributed by atoms with Gasteiger partial charge in [-0.2, -0.15) is 5.10 Å². The predicted molar refractivity (Wildman–Crippen MR) is 81.2 cm³/mol. The van der Waals surface area contributed by atoms with Crippen molar-refractivity contribution >= 4 is 11.6 Å². The van der Waals surface area contributed by atoms with Gasteiger partial charge in [0, 0.05) is 11.9 Å². The van der Waals surface area contributed by atoms with Crippen LogP contribution in [0, 0.1) is 0 Å². The summed E-state index contributed by atoms with van der Waals surface area (Å²) in [5.41, 5.74) is 6.80. The van der Waals surface area contributed by atoms with Gasteiger partial charge in [-0.3, -0.25) is 4.79 Å². The number of nitrogens with one attached hydrogen (secondary N) is 1. The highest BCUT2D eigenvalue weighted by Crippen LogP contribution is 2.12. The van der Waals surface area contributed by atoms with Crippen LogP contribution in [0.15, 0.2) is 36.5 Å². The number of anilines is 1. The fourth-order valence-electron chi connectivity index (χ4n) is 1.79. The Morgan fingerprint density at radius 2 is 2.05 bits per heavy atom. The maximum atomic E-state index is 12.2. The number of hydrogen-bond acceptors (Lipinski definition) is 4. The van der Waals surface area contributed by atoms with E-state index in [4.69, 9.17) is 5.73 Å². The summed E-state index contributed by atoms with van der Waals surface area (Å²) >= 11 is 0. The van der Waals surface area contributed by atoms with Crippen LogP contribution in [0.1, 0.15) is 30.8 Å². The minimum atomic E-state index is -0.637. The molecule has 1 amide bonds. The number of carbonyl (C=O) groups excluding carboxylic acids is 1. The Hall–Kier alpha value is -2.34. The van der Waals surface area contributed by atoms with Crippen molar-refractivity contribution in [1.29, 1.82) is 0 Å². The van der Waals surface area contributed by atoms with Gasteiger partial charge < -0.3 is 16.2 Å². The van der Waals surface area contributed by atoms with E-state index in [-0.39, 0.29) is 12.5 Å². The fraction of sp³-hybridized carbons (Fsp3) is 0.333. The molecule has 0 aliphatic heterocycles. The lowest BCUT2D eigenvalue weighted by Crippen LogP contribution is -2.48. The molecule has 0 aliphatic rings. The minimum absolute atomic E-state index is 0.117. The van der Waals surface area contributed by atoms with Gasteiger partial charge in [0.2, 0.25) is 0 Å². The van der Waals surface area contributed by atoms with Crippen LogP contribution in [0.5, 0.6) is 0 Å². The molecule has 6 nitrogen and oxygen atoms in total. The van der Waals surface area contributed by atoms with E-state index in [0.717, 1.165) is 5.69 Å². The Bertz CT molecular complexity index is 615.